The van der Waals surface area contributed by atoms with Crippen molar-refractivity contribution in [2.24, 2.45) is 5.41 Å². The largest absolute Gasteiger partial charge is 0.481 e. The summed E-state index contributed by atoms with van der Waals surface area (Å²) >= 11 is 1.15. The average molecular weight is 390 g/mol. The maximum atomic E-state index is 14.0. The predicted octanol–water partition coefficient (Wildman–Crippen LogP) is 4.41. The minimum atomic E-state index is -0.832. The lowest BCUT2D eigenvalue weighted by molar-refractivity contribution is -0.140. The van der Waals surface area contributed by atoms with E-state index in [1.807, 2.05) is 0 Å². The predicted molar refractivity (Wildman–Crippen MR) is 102 cm³/mol. The summed E-state index contributed by atoms with van der Waals surface area (Å²) in [6, 6.07) is 6.34. The summed E-state index contributed by atoms with van der Waals surface area (Å²) in [5.41, 5.74) is 0.540. The van der Waals surface area contributed by atoms with Crippen LogP contribution in [-0.4, -0.2) is 28.5 Å². The van der Waals surface area contributed by atoms with Crippen molar-refractivity contribution < 1.29 is 19.1 Å². The molecule has 1 heterocycles. The van der Waals surface area contributed by atoms with Crippen molar-refractivity contribution in [2.75, 3.05) is 6.54 Å². The number of amides is 1. The summed E-state index contributed by atoms with van der Waals surface area (Å²) in [6.45, 7) is 2.06. The third-order valence-electron chi connectivity index (χ3n) is 5.17. The second-order valence-electron chi connectivity index (χ2n) is 7.23. The lowest BCUT2D eigenvalue weighted by Crippen LogP contribution is -2.40. The minimum Gasteiger partial charge on any atom is -0.481 e. The normalized spacial score (nSPS) is 16.1. The van der Waals surface area contributed by atoms with Gasteiger partial charge in [-0.1, -0.05) is 31.4 Å². The fourth-order valence-corrected chi connectivity index (χ4v) is 4.75. The number of carbonyl (C=O) groups is 2. The topological polar surface area (TPSA) is 79.3 Å². The second kappa shape index (κ2) is 8.17. The highest BCUT2D eigenvalue weighted by Gasteiger charge is 2.35. The van der Waals surface area contributed by atoms with Gasteiger partial charge in [0.15, 0.2) is 0 Å². The third-order valence-corrected chi connectivity index (χ3v) is 6.36. The molecule has 1 amide bonds. The van der Waals surface area contributed by atoms with Crippen LogP contribution in [-0.2, 0) is 4.79 Å². The Bertz CT molecular complexity index is 844. The molecule has 1 aliphatic carbocycles. The fraction of sp³-hybridized carbons (Fsp3) is 0.450. The van der Waals surface area contributed by atoms with Crippen LogP contribution in [0.3, 0.4) is 0 Å². The van der Waals surface area contributed by atoms with Crippen LogP contribution in [0.1, 0.15) is 53.9 Å². The van der Waals surface area contributed by atoms with Crippen molar-refractivity contribution in [1.29, 1.82) is 0 Å². The summed E-state index contributed by atoms with van der Waals surface area (Å²) in [5, 5.41) is 12.6. The highest BCUT2D eigenvalue weighted by molar-refractivity contribution is 7.17. The first-order valence-electron chi connectivity index (χ1n) is 9.12. The van der Waals surface area contributed by atoms with E-state index in [0.717, 1.165) is 43.4 Å². The number of carbonyl (C=O) groups excluding carboxylic acids is 1. The molecule has 2 aromatic rings. The Morgan fingerprint density at radius 1 is 1.26 bits per heavy atom. The van der Waals surface area contributed by atoms with Gasteiger partial charge in [0.25, 0.3) is 5.91 Å². The van der Waals surface area contributed by atoms with Gasteiger partial charge in [0.05, 0.1) is 12.1 Å². The smallest absolute Gasteiger partial charge is 0.303 e. The molecule has 0 saturated heterocycles. The first-order valence-corrected chi connectivity index (χ1v) is 9.94. The van der Waals surface area contributed by atoms with E-state index in [4.69, 9.17) is 0 Å². The summed E-state index contributed by atoms with van der Waals surface area (Å²) in [6.07, 6.45) is 4.76. The molecule has 1 aliphatic rings. The Morgan fingerprint density at radius 3 is 2.63 bits per heavy atom. The van der Waals surface area contributed by atoms with Gasteiger partial charge in [-0.05, 0) is 37.3 Å². The molecule has 1 aromatic carbocycles. The van der Waals surface area contributed by atoms with E-state index < -0.39 is 5.97 Å². The van der Waals surface area contributed by atoms with Crippen LogP contribution in [0.25, 0.3) is 10.6 Å². The van der Waals surface area contributed by atoms with Crippen LogP contribution >= 0.6 is 11.3 Å². The van der Waals surface area contributed by atoms with Crippen molar-refractivity contribution in [3.8, 4) is 10.6 Å². The molecule has 5 nitrogen and oxygen atoms in total. The number of carboxylic acids is 1. The molecule has 7 heteroatoms. The summed E-state index contributed by atoms with van der Waals surface area (Å²) < 4.78 is 14.0. The number of nitrogens with zero attached hydrogens (tertiary/aromatic N) is 1. The van der Waals surface area contributed by atoms with Gasteiger partial charge in [-0.15, -0.1) is 11.3 Å². The van der Waals surface area contributed by atoms with Gasteiger partial charge < -0.3 is 10.4 Å². The van der Waals surface area contributed by atoms with Gasteiger partial charge in [-0.25, -0.2) is 9.37 Å². The van der Waals surface area contributed by atoms with Gasteiger partial charge in [0.2, 0.25) is 0 Å². The summed E-state index contributed by atoms with van der Waals surface area (Å²) in [7, 11) is 0. The van der Waals surface area contributed by atoms with Crippen LogP contribution < -0.4 is 5.32 Å². The highest BCUT2D eigenvalue weighted by Crippen LogP contribution is 2.39. The van der Waals surface area contributed by atoms with Crippen LogP contribution in [0, 0.1) is 18.2 Å². The van der Waals surface area contributed by atoms with Crippen LogP contribution in [0.15, 0.2) is 24.3 Å². The molecule has 27 heavy (non-hydrogen) atoms. The molecule has 1 aromatic heterocycles. The zero-order chi connectivity index (χ0) is 19.4. The number of carboxylic acid groups (broad SMARTS) is 1. The van der Waals surface area contributed by atoms with E-state index in [0.29, 0.717) is 27.7 Å². The number of aliphatic carboxylic acids is 1. The van der Waals surface area contributed by atoms with Crippen molar-refractivity contribution in [2.45, 2.75) is 45.4 Å². The van der Waals surface area contributed by atoms with E-state index in [-0.39, 0.29) is 23.6 Å². The average Bonchev–Trinajstić information content (AvgIpc) is 3.02. The molecule has 0 atom stereocenters. The van der Waals surface area contributed by atoms with Gasteiger partial charge in [0.1, 0.15) is 15.7 Å². The van der Waals surface area contributed by atoms with Crippen molar-refractivity contribution in [3.63, 3.8) is 0 Å². The molecule has 0 aliphatic heterocycles. The number of benzene rings is 1. The van der Waals surface area contributed by atoms with Gasteiger partial charge in [0, 0.05) is 12.1 Å². The van der Waals surface area contributed by atoms with Crippen molar-refractivity contribution in [3.05, 3.63) is 40.7 Å². The number of nitrogens with one attached hydrogen (secondary N) is 1. The quantitative estimate of drug-likeness (QED) is 0.766. The lowest BCUT2D eigenvalue weighted by atomic mass is 9.71. The van der Waals surface area contributed by atoms with Gasteiger partial charge in [-0.3, -0.25) is 9.59 Å². The number of aryl methyl sites for hydroxylation is 1. The molecule has 2 N–H and O–H groups in total. The van der Waals surface area contributed by atoms with E-state index in [1.54, 1.807) is 25.1 Å². The zero-order valence-corrected chi connectivity index (χ0v) is 16.1. The maximum absolute atomic E-state index is 14.0. The Hall–Kier alpha value is -2.28. The first-order chi connectivity index (χ1) is 12.9. The molecule has 0 radical (unpaired) electrons. The number of hydrogen-bond acceptors (Lipinski definition) is 4. The number of aromatic nitrogens is 1. The molecule has 1 fully saturated rings. The maximum Gasteiger partial charge on any atom is 0.303 e. The first kappa shape index (κ1) is 19.5. The van der Waals surface area contributed by atoms with Crippen molar-refractivity contribution in [1.82, 2.24) is 10.3 Å². The Labute approximate surface area is 161 Å². The lowest BCUT2D eigenvalue weighted by Gasteiger charge is -2.36. The SMILES string of the molecule is Cc1nc(-c2ccccc2F)sc1C(=O)NCC1(CC(=O)O)CCCCC1. The monoisotopic (exact) mass is 390 g/mol. The van der Waals surface area contributed by atoms with E-state index >= 15 is 0 Å². The zero-order valence-electron chi connectivity index (χ0n) is 15.3. The van der Waals surface area contributed by atoms with Crippen LogP contribution in [0.5, 0.6) is 0 Å². The molecular weight excluding hydrogens is 367 g/mol. The number of thiazole rings is 1. The molecule has 0 spiro atoms. The summed E-state index contributed by atoms with van der Waals surface area (Å²) in [4.78, 5) is 28.7. The molecule has 144 valence electrons. The Balaban J connectivity index is 1.74. The van der Waals surface area contributed by atoms with Crippen LogP contribution in [0.2, 0.25) is 0 Å². The molecule has 0 bridgehead atoms. The second-order valence-corrected chi connectivity index (χ2v) is 8.23. The van der Waals surface area contributed by atoms with Gasteiger partial charge in [-0.2, -0.15) is 0 Å². The highest BCUT2D eigenvalue weighted by atomic mass is 32.1. The Kier molecular flexibility index (Phi) is 5.89. The van der Waals surface area contributed by atoms with E-state index in [9.17, 15) is 19.1 Å². The standard InChI is InChI=1S/C20H23FN2O3S/c1-13-17(27-19(23-13)14-7-3-4-8-15(14)21)18(26)22-12-20(11-16(24)25)9-5-2-6-10-20/h3-4,7-8H,2,5-6,9-12H2,1H3,(H,22,26)(H,24,25). The molecule has 3 rings (SSSR count). The third kappa shape index (κ3) is 4.53. The minimum absolute atomic E-state index is 0.0649. The summed E-state index contributed by atoms with van der Waals surface area (Å²) in [5.74, 6) is -1.48. The fourth-order valence-electron chi connectivity index (χ4n) is 3.74. The number of rotatable bonds is 6. The van der Waals surface area contributed by atoms with Crippen molar-refractivity contribution >= 4 is 23.2 Å². The molecular formula is C20H23FN2O3S. The van der Waals surface area contributed by atoms with Gasteiger partial charge >= 0.3 is 5.97 Å². The molecule has 0 unspecified atom stereocenters. The van der Waals surface area contributed by atoms with E-state index in [2.05, 4.69) is 10.3 Å². The number of hydrogen-bond donors (Lipinski definition) is 2. The van der Waals surface area contributed by atoms with Crippen LogP contribution in [0.4, 0.5) is 4.39 Å². The molecule has 1 saturated carbocycles. The van der Waals surface area contributed by atoms with E-state index in [1.165, 1.54) is 6.07 Å². The number of halogens is 1. The Morgan fingerprint density at radius 2 is 1.96 bits per heavy atom.